The molecule has 6 rings (SSSR count). The van der Waals surface area contributed by atoms with E-state index in [9.17, 15) is 0 Å². The molecule has 0 amide bonds. The molecule has 6 aromatic carbocycles. The highest BCUT2D eigenvalue weighted by Gasteiger charge is 2.13. The molecule has 0 saturated carbocycles. The van der Waals surface area contributed by atoms with E-state index in [4.69, 9.17) is 0 Å². The molecule has 0 atom stereocenters. The van der Waals surface area contributed by atoms with Crippen molar-refractivity contribution in [2.75, 3.05) is 4.90 Å². The van der Waals surface area contributed by atoms with Crippen LogP contribution in [0.2, 0.25) is 0 Å². The lowest BCUT2D eigenvalue weighted by molar-refractivity contribution is 1.28. The van der Waals surface area contributed by atoms with E-state index in [0.29, 0.717) is 0 Å². The van der Waals surface area contributed by atoms with E-state index in [1.807, 2.05) is 0 Å². The summed E-state index contributed by atoms with van der Waals surface area (Å²) in [7, 11) is 0. The van der Waals surface area contributed by atoms with Gasteiger partial charge in [-0.2, -0.15) is 0 Å². The van der Waals surface area contributed by atoms with Crippen LogP contribution in [0, 0.1) is 0 Å². The van der Waals surface area contributed by atoms with Crippen LogP contribution in [0.25, 0.3) is 33.4 Å². The van der Waals surface area contributed by atoms with E-state index in [1.54, 1.807) is 0 Å². The second kappa shape index (κ2) is 10.4. The van der Waals surface area contributed by atoms with Crippen LogP contribution in [0.4, 0.5) is 17.1 Å². The molecular weight excluding hydrogens is 446 g/mol. The highest BCUT2D eigenvalue weighted by Crippen LogP contribution is 2.38. The fourth-order valence-electron chi connectivity index (χ4n) is 4.85. The number of hydrogen-bond donors (Lipinski definition) is 0. The summed E-state index contributed by atoms with van der Waals surface area (Å²) >= 11 is 0. The molecule has 0 aliphatic carbocycles. The normalized spacial score (nSPS) is 10.7. The predicted octanol–water partition coefficient (Wildman–Crippen LogP) is 10.2. The first-order valence-corrected chi connectivity index (χ1v) is 12.6. The fourth-order valence-corrected chi connectivity index (χ4v) is 4.85. The highest BCUT2D eigenvalue weighted by atomic mass is 15.1. The predicted molar refractivity (Wildman–Crippen MR) is 157 cm³/mol. The van der Waals surface area contributed by atoms with Gasteiger partial charge in [-0.1, -0.05) is 121 Å². The minimum absolute atomic E-state index is 1.13. The molecule has 0 heterocycles. The van der Waals surface area contributed by atoms with Crippen molar-refractivity contribution in [1.29, 1.82) is 0 Å². The van der Waals surface area contributed by atoms with Crippen LogP contribution in [-0.2, 0) is 0 Å². The Morgan fingerprint density at radius 2 is 0.676 bits per heavy atom. The van der Waals surface area contributed by atoms with Gasteiger partial charge in [0.05, 0.1) is 0 Å². The Morgan fingerprint density at radius 1 is 0.270 bits per heavy atom. The molecule has 0 bridgehead atoms. The molecular formula is C36H27N. The van der Waals surface area contributed by atoms with Gasteiger partial charge in [-0.25, -0.2) is 0 Å². The largest absolute Gasteiger partial charge is 0.311 e. The van der Waals surface area contributed by atoms with Gasteiger partial charge in [-0.3, -0.25) is 0 Å². The van der Waals surface area contributed by atoms with Crippen molar-refractivity contribution in [3.8, 4) is 33.4 Å². The van der Waals surface area contributed by atoms with Crippen LogP contribution in [0.15, 0.2) is 164 Å². The third-order valence-electron chi connectivity index (χ3n) is 6.68. The summed E-state index contributed by atoms with van der Waals surface area (Å²) in [4.78, 5) is 2.29. The van der Waals surface area contributed by atoms with Gasteiger partial charge >= 0.3 is 0 Å². The maximum absolute atomic E-state index is 2.32. The smallest absolute Gasteiger partial charge is 0.0462 e. The first kappa shape index (κ1) is 22.6. The zero-order valence-electron chi connectivity index (χ0n) is 20.5. The summed E-state index contributed by atoms with van der Waals surface area (Å²) in [5, 5.41) is 0. The van der Waals surface area contributed by atoms with Crippen LogP contribution in [0.3, 0.4) is 0 Å². The Morgan fingerprint density at radius 3 is 1.19 bits per heavy atom. The molecule has 0 radical (unpaired) electrons. The van der Waals surface area contributed by atoms with Gasteiger partial charge in [0.2, 0.25) is 0 Å². The number of rotatable bonds is 6. The van der Waals surface area contributed by atoms with Gasteiger partial charge in [-0.15, -0.1) is 0 Å². The van der Waals surface area contributed by atoms with Crippen molar-refractivity contribution >= 4 is 17.1 Å². The summed E-state index contributed by atoms with van der Waals surface area (Å²) in [6.07, 6.45) is 0. The van der Waals surface area contributed by atoms with Crippen LogP contribution in [-0.4, -0.2) is 0 Å². The first-order chi connectivity index (χ1) is 18.4. The van der Waals surface area contributed by atoms with Crippen LogP contribution >= 0.6 is 0 Å². The maximum atomic E-state index is 2.32. The molecule has 1 heteroatoms. The fraction of sp³-hybridized carbons (Fsp3) is 0. The molecule has 0 aromatic heterocycles. The van der Waals surface area contributed by atoms with Crippen molar-refractivity contribution in [2.45, 2.75) is 0 Å². The van der Waals surface area contributed by atoms with Crippen molar-refractivity contribution in [1.82, 2.24) is 0 Å². The number of para-hydroxylation sites is 2. The SMILES string of the molecule is c1ccc(-c2ccc(-c3ccc(N(c4ccccc4)c4ccccc4)cc3)cc2-c2ccccc2)cc1. The Hall–Kier alpha value is -4.88. The summed E-state index contributed by atoms with van der Waals surface area (Å²) in [6, 6.07) is 58.0. The van der Waals surface area contributed by atoms with E-state index in [0.717, 1.165) is 17.1 Å². The zero-order chi connectivity index (χ0) is 24.9. The summed E-state index contributed by atoms with van der Waals surface area (Å²) < 4.78 is 0. The lowest BCUT2D eigenvalue weighted by Gasteiger charge is -2.25. The molecule has 0 unspecified atom stereocenters. The Balaban J connectivity index is 1.41. The number of hydrogen-bond acceptors (Lipinski definition) is 1. The number of benzene rings is 6. The average molecular weight is 474 g/mol. The quantitative estimate of drug-likeness (QED) is 0.233. The Bertz CT molecular complexity index is 1530. The Labute approximate surface area is 218 Å². The average Bonchev–Trinajstić information content (AvgIpc) is 2.99. The Kier molecular flexibility index (Phi) is 6.34. The van der Waals surface area contributed by atoms with E-state index < -0.39 is 0 Å². The van der Waals surface area contributed by atoms with Gasteiger partial charge < -0.3 is 4.90 Å². The van der Waals surface area contributed by atoms with Crippen LogP contribution in [0.5, 0.6) is 0 Å². The van der Waals surface area contributed by atoms with Crippen molar-refractivity contribution in [2.24, 2.45) is 0 Å². The number of nitrogens with zero attached hydrogens (tertiary/aromatic N) is 1. The van der Waals surface area contributed by atoms with Gasteiger partial charge in [0, 0.05) is 17.1 Å². The van der Waals surface area contributed by atoms with E-state index >= 15 is 0 Å². The second-order valence-electron chi connectivity index (χ2n) is 9.05. The molecule has 0 aliphatic heterocycles. The third kappa shape index (κ3) is 4.80. The van der Waals surface area contributed by atoms with E-state index in [1.165, 1.54) is 33.4 Å². The minimum Gasteiger partial charge on any atom is -0.311 e. The summed E-state index contributed by atoms with van der Waals surface area (Å²) in [6.45, 7) is 0. The van der Waals surface area contributed by atoms with Crippen LogP contribution in [0.1, 0.15) is 0 Å². The molecule has 0 spiro atoms. The maximum Gasteiger partial charge on any atom is 0.0462 e. The highest BCUT2D eigenvalue weighted by molar-refractivity contribution is 5.87. The summed E-state index contributed by atoms with van der Waals surface area (Å²) in [5.41, 5.74) is 10.7. The lowest BCUT2D eigenvalue weighted by atomic mass is 9.91. The van der Waals surface area contributed by atoms with Crippen molar-refractivity contribution in [3.63, 3.8) is 0 Å². The topological polar surface area (TPSA) is 3.24 Å². The standard InChI is InChI=1S/C36H27N/c1-5-13-29(14-6-1)35-26-23-31(27-36(35)30-15-7-2-8-16-30)28-21-24-34(25-22-28)37(32-17-9-3-10-18-32)33-19-11-4-12-20-33/h1-27H. The number of anilines is 3. The third-order valence-corrected chi connectivity index (χ3v) is 6.68. The van der Waals surface area contributed by atoms with Gasteiger partial charge in [0.15, 0.2) is 0 Å². The lowest BCUT2D eigenvalue weighted by Crippen LogP contribution is -2.09. The monoisotopic (exact) mass is 473 g/mol. The summed E-state index contributed by atoms with van der Waals surface area (Å²) in [5.74, 6) is 0. The molecule has 0 fully saturated rings. The van der Waals surface area contributed by atoms with Crippen molar-refractivity contribution in [3.05, 3.63) is 164 Å². The van der Waals surface area contributed by atoms with E-state index in [2.05, 4.69) is 169 Å². The van der Waals surface area contributed by atoms with Crippen molar-refractivity contribution < 1.29 is 0 Å². The molecule has 176 valence electrons. The van der Waals surface area contributed by atoms with Gasteiger partial charge in [0.25, 0.3) is 0 Å². The van der Waals surface area contributed by atoms with Crippen LogP contribution < -0.4 is 4.90 Å². The molecule has 0 saturated heterocycles. The second-order valence-corrected chi connectivity index (χ2v) is 9.05. The van der Waals surface area contributed by atoms with E-state index in [-0.39, 0.29) is 0 Å². The first-order valence-electron chi connectivity index (χ1n) is 12.6. The molecule has 6 aromatic rings. The zero-order valence-corrected chi connectivity index (χ0v) is 20.5. The van der Waals surface area contributed by atoms with Gasteiger partial charge in [0.1, 0.15) is 0 Å². The van der Waals surface area contributed by atoms with Gasteiger partial charge in [-0.05, 0) is 75.8 Å². The molecule has 1 nitrogen and oxygen atoms in total. The minimum atomic E-state index is 1.13. The molecule has 0 N–H and O–H groups in total. The molecule has 0 aliphatic rings. The molecule has 37 heavy (non-hydrogen) atoms.